The maximum Gasteiger partial charge on any atom is 0.146 e. The van der Waals surface area contributed by atoms with Gasteiger partial charge in [0.2, 0.25) is 0 Å². The fourth-order valence-corrected chi connectivity index (χ4v) is 1.53. The summed E-state index contributed by atoms with van der Waals surface area (Å²) >= 11 is 0. The summed E-state index contributed by atoms with van der Waals surface area (Å²) in [5.41, 5.74) is 7.84. The number of nitrogen functional groups attached to an aromatic ring is 1. The van der Waals surface area contributed by atoms with Crippen molar-refractivity contribution in [3.05, 3.63) is 23.7 Å². The van der Waals surface area contributed by atoms with Gasteiger partial charge in [-0.1, -0.05) is 0 Å². The SMILES string of the molecule is Cc1nn2ccn(C)c2c1C(=N)N. The van der Waals surface area contributed by atoms with Crippen molar-refractivity contribution in [3.63, 3.8) is 0 Å². The number of aryl methyl sites for hydroxylation is 2. The standard InChI is InChI=1S/C8H11N5/c1-5-6(7(9)10)8-12(2)3-4-13(8)11-5/h3-4H,1-2H3,(H3,9,10). The number of hydrogen-bond donors (Lipinski definition) is 2. The predicted octanol–water partition coefficient (Wildman–Crippen LogP) is 0.265. The molecule has 0 aromatic carbocycles. The van der Waals surface area contributed by atoms with Gasteiger partial charge in [-0.05, 0) is 6.92 Å². The number of nitrogens with zero attached hydrogens (tertiary/aromatic N) is 3. The summed E-state index contributed by atoms with van der Waals surface area (Å²) in [5.74, 6) is 0.0642. The number of imidazole rings is 1. The zero-order chi connectivity index (χ0) is 9.59. The van der Waals surface area contributed by atoms with Gasteiger partial charge in [0.05, 0.1) is 11.3 Å². The van der Waals surface area contributed by atoms with Gasteiger partial charge in [0.1, 0.15) is 11.5 Å². The van der Waals surface area contributed by atoms with Crippen LogP contribution in [0, 0.1) is 12.3 Å². The van der Waals surface area contributed by atoms with Gasteiger partial charge < -0.3 is 10.3 Å². The summed E-state index contributed by atoms with van der Waals surface area (Å²) in [4.78, 5) is 0. The smallest absolute Gasteiger partial charge is 0.146 e. The van der Waals surface area contributed by atoms with E-state index in [1.807, 2.05) is 30.9 Å². The van der Waals surface area contributed by atoms with Crippen LogP contribution < -0.4 is 5.73 Å². The molecule has 0 aliphatic heterocycles. The molecule has 5 nitrogen and oxygen atoms in total. The molecule has 0 fully saturated rings. The third kappa shape index (κ3) is 0.932. The summed E-state index contributed by atoms with van der Waals surface area (Å²) in [5, 5.41) is 11.7. The number of hydrogen-bond acceptors (Lipinski definition) is 2. The van der Waals surface area contributed by atoms with E-state index in [1.54, 1.807) is 4.52 Å². The Kier molecular flexibility index (Phi) is 1.42. The van der Waals surface area contributed by atoms with Gasteiger partial charge in [0, 0.05) is 19.4 Å². The summed E-state index contributed by atoms with van der Waals surface area (Å²) in [6, 6.07) is 0. The summed E-state index contributed by atoms with van der Waals surface area (Å²) in [7, 11) is 1.91. The van der Waals surface area contributed by atoms with E-state index in [9.17, 15) is 0 Å². The van der Waals surface area contributed by atoms with E-state index in [0.29, 0.717) is 5.56 Å². The van der Waals surface area contributed by atoms with Crippen LogP contribution in [0.4, 0.5) is 0 Å². The fraction of sp³-hybridized carbons (Fsp3) is 0.250. The third-order valence-electron chi connectivity index (χ3n) is 2.10. The molecule has 0 aliphatic carbocycles. The lowest BCUT2D eigenvalue weighted by atomic mass is 10.2. The van der Waals surface area contributed by atoms with Crippen molar-refractivity contribution < 1.29 is 0 Å². The molecule has 0 radical (unpaired) electrons. The molecule has 0 bridgehead atoms. The van der Waals surface area contributed by atoms with E-state index in [2.05, 4.69) is 5.10 Å². The minimum absolute atomic E-state index is 0.0642. The maximum atomic E-state index is 7.42. The van der Waals surface area contributed by atoms with Crippen molar-refractivity contribution in [1.82, 2.24) is 14.2 Å². The van der Waals surface area contributed by atoms with Crippen LogP contribution in [0.1, 0.15) is 11.3 Å². The largest absolute Gasteiger partial charge is 0.384 e. The lowest BCUT2D eigenvalue weighted by Gasteiger charge is -1.97. The van der Waals surface area contributed by atoms with Crippen molar-refractivity contribution in [2.24, 2.45) is 12.8 Å². The maximum absolute atomic E-state index is 7.42. The van der Waals surface area contributed by atoms with Crippen LogP contribution in [0.3, 0.4) is 0 Å². The molecule has 0 atom stereocenters. The minimum Gasteiger partial charge on any atom is -0.384 e. The number of nitrogens with one attached hydrogen (secondary N) is 1. The molecular weight excluding hydrogens is 166 g/mol. The second-order valence-corrected chi connectivity index (χ2v) is 3.05. The summed E-state index contributed by atoms with van der Waals surface area (Å²) in [6.07, 6.45) is 3.73. The van der Waals surface area contributed by atoms with Gasteiger partial charge in [0.15, 0.2) is 0 Å². The number of fused-ring (bicyclic) bond motifs is 1. The first kappa shape index (κ1) is 7.85. The fourth-order valence-electron chi connectivity index (χ4n) is 1.53. The van der Waals surface area contributed by atoms with Gasteiger partial charge in [-0.15, -0.1) is 0 Å². The Labute approximate surface area is 75.3 Å². The Balaban J connectivity index is 2.90. The zero-order valence-electron chi connectivity index (χ0n) is 7.57. The van der Waals surface area contributed by atoms with Crippen molar-refractivity contribution in [3.8, 4) is 0 Å². The molecule has 2 aromatic heterocycles. The summed E-state index contributed by atoms with van der Waals surface area (Å²) in [6.45, 7) is 1.85. The van der Waals surface area contributed by atoms with Crippen LogP contribution in [-0.4, -0.2) is 20.0 Å². The molecule has 2 heterocycles. The minimum atomic E-state index is 0.0642. The van der Waals surface area contributed by atoms with Crippen LogP contribution >= 0.6 is 0 Å². The van der Waals surface area contributed by atoms with E-state index in [1.165, 1.54) is 0 Å². The average molecular weight is 177 g/mol. The number of amidine groups is 1. The first-order valence-electron chi connectivity index (χ1n) is 3.96. The Morgan fingerprint density at radius 2 is 2.23 bits per heavy atom. The zero-order valence-corrected chi connectivity index (χ0v) is 7.57. The van der Waals surface area contributed by atoms with Crippen LogP contribution in [0.5, 0.6) is 0 Å². The first-order chi connectivity index (χ1) is 6.11. The van der Waals surface area contributed by atoms with Crippen molar-refractivity contribution in [2.75, 3.05) is 0 Å². The van der Waals surface area contributed by atoms with Crippen LogP contribution in [-0.2, 0) is 7.05 Å². The molecule has 0 amide bonds. The molecule has 0 spiro atoms. The molecule has 2 aromatic rings. The molecule has 13 heavy (non-hydrogen) atoms. The second-order valence-electron chi connectivity index (χ2n) is 3.05. The average Bonchev–Trinajstić information content (AvgIpc) is 2.51. The van der Waals surface area contributed by atoms with Crippen LogP contribution in [0.15, 0.2) is 12.4 Å². The van der Waals surface area contributed by atoms with Gasteiger partial charge >= 0.3 is 0 Å². The lowest BCUT2D eigenvalue weighted by molar-refractivity contribution is 0.918. The molecule has 0 saturated heterocycles. The highest BCUT2D eigenvalue weighted by Gasteiger charge is 2.13. The molecule has 0 aliphatic rings. The van der Waals surface area contributed by atoms with Crippen LogP contribution in [0.2, 0.25) is 0 Å². The molecule has 5 heteroatoms. The lowest BCUT2D eigenvalue weighted by Crippen LogP contribution is -2.13. The molecule has 0 saturated carbocycles. The Bertz CT molecular complexity index is 476. The van der Waals surface area contributed by atoms with E-state index in [-0.39, 0.29) is 5.84 Å². The Morgan fingerprint density at radius 1 is 1.54 bits per heavy atom. The van der Waals surface area contributed by atoms with Crippen molar-refractivity contribution in [1.29, 1.82) is 5.41 Å². The number of nitrogens with two attached hydrogens (primary N) is 1. The number of rotatable bonds is 1. The molecule has 68 valence electrons. The normalized spacial score (nSPS) is 10.9. The van der Waals surface area contributed by atoms with E-state index in [4.69, 9.17) is 11.1 Å². The highest BCUT2D eigenvalue weighted by atomic mass is 15.3. The topological polar surface area (TPSA) is 72.1 Å². The summed E-state index contributed by atoms with van der Waals surface area (Å²) < 4.78 is 3.63. The highest BCUT2D eigenvalue weighted by molar-refractivity contribution is 6.01. The Hall–Kier alpha value is -1.78. The van der Waals surface area contributed by atoms with Crippen molar-refractivity contribution >= 4 is 11.5 Å². The van der Waals surface area contributed by atoms with E-state index < -0.39 is 0 Å². The van der Waals surface area contributed by atoms with Gasteiger partial charge in [-0.2, -0.15) is 5.10 Å². The van der Waals surface area contributed by atoms with Gasteiger partial charge in [0.25, 0.3) is 0 Å². The highest BCUT2D eigenvalue weighted by Crippen LogP contribution is 2.14. The molecular formula is C8H11N5. The Morgan fingerprint density at radius 3 is 2.85 bits per heavy atom. The van der Waals surface area contributed by atoms with E-state index >= 15 is 0 Å². The van der Waals surface area contributed by atoms with Gasteiger partial charge in [-0.25, -0.2) is 4.52 Å². The van der Waals surface area contributed by atoms with Crippen molar-refractivity contribution in [2.45, 2.75) is 6.92 Å². The molecule has 2 rings (SSSR count). The quantitative estimate of drug-likeness (QED) is 0.484. The van der Waals surface area contributed by atoms with Gasteiger partial charge in [-0.3, -0.25) is 5.41 Å². The molecule has 3 N–H and O–H groups in total. The predicted molar refractivity (Wildman–Crippen MR) is 49.9 cm³/mol. The third-order valence-corrected chi connectivity index (χ3v) is 2.10. The molecule has 0 unspecified atom stereocenters. The van der Waals surface area contributed by atoms with E-state index in [0.717, 1.165) is 11.3 Å². The van der Waals surface area contributed by atoms with Crippen LogP contribution in [0.25, 0.3) is 5.65 Å². The second kappa shape index (κ2) is 2.35. The first-order valence-corrected chi connectivity index (χ1v) is 3.96. The monoisotopic (exact) mass is 177 g/mol. The number of aromatic nitrogens is 3.